The summed E-state index contributed by atoms with van der Waals surface area (Å²) in [5.74, 6) is 3.42. The van der Waals surface area contributed by atoms with Crippen LogP contribution in [0.1, 0.15) is 37.0 Å². The average Bonchev–Trinajstić information content (AvgIpc) is 2.92. The molecule has 0 spiro atoms. The minimum Gasteiger partial charge on any atom is -0.493 e. The van der Waals surface area contributed by atoms with Crippen LogP contribution in [0.15, 0.2) is 34.7 Å². The fraction of sp³-hybridized carbons (Fsp3) is 0.412. The Morgan fingerprint density at radius 1 is 1.19 bits per heavy atom. The molecule has 2 aromatic rings. The lowest BCUT2D eigenvalue weighted by molar-refractivity contribution is 0.310. The molecule has 1 aromatic carbocycles. The molecular formula is C17H23NO3. The largest absolute Gasteiger partial charge is 0.493 e. The fourth-order valence-electron chi connectivity index (χ4n) is 2.16. The number of nitrogens with one attached hydrogen (secondary N) is 1. The van der Waals surface area contributed by atoms with Crippen LogP contribution in [0.3, 0.4) is 0 Å². The lowest BCUT2D eigenvalue weighted by atomic mass is 10.1. The van der Waals surface area contributed by atoms with E-state index in [4.69, 9.17) is 13.9 Å². The van der Waals surface area contributed by atoms with Crippen molar-refractivity contribution >= 4 is 0 Å². The van der Waals surface area contributed by atoms with Crippen LogP contribution >= 0.6 is 0 Å². The SMILES string of the molecule is CCOc1cc(CNC(C)c2ccc(C)o2)ccc1OC. The van der Waals surface area contributed by atoms with Crippen LogP contribution in [-0.2, 0) is 6.54 Å². The lowest BCUT2D eigenvalue weighted by Gasteiger charge is -2.14. The van der Waals surface area contributed by atoms with Crippen LogP contribution in [0.4, 0.5) is 0 Å². The van der Waals surface area contributed by atoms with Gasteiger partial charge in [-0.15, -0.1) is 0 Å². The zero-order chi connectivity index (χ0) is 15.2. The first-order chi connectivity index (χ1) is 10.1. The van der Waals surface area contributed by atoms with E-state index in [1.54, 1.807) is 7.11 Å². The molecule has 1 heterocycles. The van der Waals surface area contributed by atoms with Gasteiger partial charge in [-0.3, -0.25) is 0 Å². The number of hydrogen-bond acceptors (Lipinski definition) is 4. The standard InChI is InChI=1S/C17H23NO3/c1-5-20-17-10-14(7-9-16(17)19-4)11-18-13(3)15-8-6-12(2)21-15/h6-10,13,18H,5,11H2,1-4H3. The summed E-state index contributed by atoms with van der Waals surface area (Å²) in [5, 5.41) is 3.45. The van der Waals surface area contributed by atoms with Gasteiger partial charge in [0.2, 0.25) is 0 Å². The predicted octanol–water partition coefficient (Wildman–Crippen LogP) is 3.85. The highest BCUT2D eigenvalue weighted by molar-refractivity contribution is 5.43. The lowest BCUT2D eigenvalue weighted by Crippen LogP contribution is -2.17. The monoisotopic (exact) mass is 289 g/mol. The van der Waals surface area contributed by atoms with Gasteiger partial charge in [-0.1, -0.05) is 6.07 Å². The maximum Gasteiger partial charge on any atom is 0.161 e. The van der Waals surface area contributed by atoms with Gasteiger partial charge in [-0.05, 0) is 50.6 Å². The molecule has 0 radical (unpaired) electrons. The molecule has 0 aliphatic carbocycles. The third-order valence-electron chi connectivity index (χ3n) is 3.33. The molecule has 1 atom stereocenters. The molecule has 1 N–H and O–H groups in total. The van der Waals surface area contributed by atoms with Gasteiger partial charge in [-0.2, -0.15) is 0 Å². The highest BCUT2D eigenvalue weighted by Crippen LogP contribution is 2.28. The van der Waals surface area contributed by atoms with E-state index in [0.717, 1.165) is 35.1 Å². The van der Waals surface area contributed by atoms with Crippen molar-refractivity contribution < 1.29 is 13.9 Å². The molecule has 21 heavy (non-hydrogen) atoms. The number of aryl methyl sites for hydroxylation is 1. The Morgan fingerprint density at radius 2 is 2.00 bits per heavy atom. The van der Waals surface area contributed by atoms with Gasteiger partial charge < -0.3 is 19.2 Å². The van der Waals surface area contributed by atoms with E-state index < -0.39 is 0 Å². The molecule has 1 aromatic heterocycles. The number of methoxy groups -OCH3 is 1. The minimum absolute atomic E-state index is 0.163. The predicted molar refractivity (Wildman–Crippen MR) is 82.9 cm³/mol. The molecule has 114 valence electrons. The zero-order valence-electron chi connectivity index (χ0n) is 13.1. The first-order valence-corrected chi connectivity index (χ1v) is 7.23. The summed E-state index contributed by atoms with van der Waals surface area (Å²) in [4.78, 5) is 0. The summed E-state index contributed by atoms with van der Waals surface area (Å²) in [6, 6.07) is 10.1. The Morgan fingerprint density at radius 3 is 2.62 bits per heavy atom. The van der Waals surface area contributed by atoms with Crippen molar-refractivity contribution in [1.29, 1.82) is 0 Å². The van der Waals surface area contributed by atoms with Gasteiger partial charge in [0.05, 0.1) is 19.8 Å². The van der Waals surface area contributed by atoms with Crippen molar-refractivity contribution in [3.05, 3.63) is 47.4 Å². The van der Waals surface area contributed by atoms with Gasteiger partial charge in [0.25, 0.3) is 0 Å². The van der Waals surface area contributed by atoms with Crippen LogP contribution < -0.4 is 14.8 Å². The molecule has 4 heteroatoms. The summed E-state index contributed by atoms with van der Waals surface area (Å²) >= 11 is 0. The first kappa shape index (κ1) is 15.4. The highest BCUT2D eigenvalue weighted by Gasteiger charge is 2.10. The summed E-state index contributed by atoms with van der Waals surface area (Å²) in [6.45, 7) is 7.37. The van der Waals surface area contributed by atoms with Crippen LogP contribution in [0.5, 0.6) is 11.5 Å². The second-order valence-electron chi connectivity index (χ2n) is 4.97. The third-order valence-corrected chi connectivity index (χ3v) is 3.33. The van der Waals surface area contributed by atoms with Gasteiger partial charge in [0, 0.05) is 6.54 Å². The van der Waals surface area contributed by atoms with E-state index in [-0.39, 0.29) is 6.04 Å². The molecule has 0 fully saturated rings. The summed E-state index contributed by atoms with van der Waals surface area (Å²) in [7, 11) is 1.65. The topological polar surface area (TPSA) is 43.6 Å². The Labute approximate surface area is 126 Å². The number of rotatable bonds is 7. The summed E-state index contributed by atoms with van der Waals surface area (Å²) in [6.07, 6.45) is 0. The van der Waals surface area contributed by atoms with Crippen molar-refractivity contribution in [2.75, 3.05) is 13.7 Å². The molecule has 0 saturated carbocycles. The molecule has 2 rings (SSSR count). The highest BCUT2D eigenvalue weighted by atomic mass is 16.5. The number of ether oxygens (including phenoxy) is 2. The van der Waals surface area contributed by atoms with Crippen molar-refractivity contribution in [3.63, 3.8) is 0 Å². The number of hydrogen-bond donors (Lipinski definition) is 1. The van der Waals surface area contributed by atoms with E-state index in [0.29, 0.717) is 6.61 Å². The van der Waals surface area contributed by atoms with Gasteiger partial charge in [0.1, 0.15) is 11.5 Å². The Kier molecular flexibility index (Phi) is 5.28. The van der Waals surface area contributed by atoms with E-state index in [1.807, 2.05) is 44.2 Å². The Balaban J connectivity index is 2.01. The zero-order valence-corrected chi connectivity index (χ0v) is 13.1. The normalized spacial score (nSPS) is 12.2. The molecule has 0 aliphatic heterocycles. The fourth-order valence-corrected chi connectivity index (χ4v) is 2.16. The number of benzene rings is 1. The van der Waals surface area contributed by atoms with Crippen LogP contribution in [0, 0.1) is 6.92 Å². The Hall–Kier alpha value is -1.94. The molecule has 1 unspecified atom stereocenters. The second kappa shape index (κ2) is 7.18. The molecule has 0 amide bonds. The average molecular weight is 289 g/mol. The first-order valence-electron chi connectivity index (χ1n) is 7.23. The van der Waals surface area contributed by atoms with E-state index in [9.17, 15) is 0 Å². The third kappa shape index (κ3) is 4.02. The van der Waals surface area contributed by atoms with Crippen molar-refractivity contribution in [1.82, 2.24) is 5.32 Å². The van der Waals surface area contributed by atoms with Gasteiger partial charge >= 0.3 is 0 Å². The second-order valence-corrected chi connectivity index (χ2v) is 4.97. The van der Waals surface area contributed by atoms with Crippen molar-refractivity contribution in [2.24, 2.45) is 0 Å². The van der Waals surface area contributed by atoms with Crippen molar-refractivity contribution in [3.8, 4) is 11.5 Å². The van der Waals surface area contributed by atoms with Crippen LogP contribution in [0.2, 0.25) is 0 Å². The van der Waals surface area contributed by atoms with E-state index in [2.05, 4.69) is 12.2 Å². The molecule has 4 nitrogen and oxygen atoms in total. The molecule has 0 bridgehead atoms. The van der Waals surface area contributed by atoms with Crippen LogP contribution in [-0.4, -0.2) is 13.7 Å². The Bertz CT molecular complexity index is 577. The van der Waals surface area contributed by atoms with Gasteiger partial charge in [0.15, 0.2) is 11.5 Å². The van der Waals surface area contributed by atoms with E-state index >= 15 is 0 Å². The summed E-state index contributed by atoms with van der Waals surface area (Å²) < 4.78 is 16.5. The molecular weight excluding hydrogens is 266 g/mol. The van der Waals surface area contributed by atoms with Crippen LogP contribution in [0.25, 0.3) is 0 Å². The van der Waals surface area contributed by atoms with E-state index in [1.165, 1.54) is 0 Å². The van der Waals surface area contributed by atoms with Crippen molar-refractivity contribution in [2.45, 2.75) is 33.4 Å². The minimum atomic E-state index is 0.163. The van der Waals surface area contributed by atoms with Gasteiger partial charge in [-0.25, -0.2) is 0 Å². The maximum atomic E-state index is 5.63. The number of furan rings is 1. The quantitative estimate of drug-likeness (QED) is 0.841. The molecule has 0 aliphatic rings. The smallest absolute Gasteiger partial charge is 0.161 e. The summed E-state index contributed by atoms with van der Waals surface area (Å²) in [5.41, 5.74) is 1.15. The maximum absolute atomic E-state index is 5.63. The molecule has 0 saturated heterocycles.